The quantitative estimate of drug-likeness (QED) is 0.319. The van der Waals surface area contributed by atoms with E-state index in [1.807, 2.05) is 0 Å². The smallest absolute Gasteiger partial charge is 0.330 e. The van der Waals surface area contributed by atoms with Crippen LogP contribution in [0.3, 0.4) is 0 Å². The van der Waals surface area contributed by atoms with E-state index in [2.05, 4.69) is 30.1 Å². The number of benzene rings is 1. The van der Waals surface area contributed by atoms with Gasteiger partial charge in [0, 0.05) is 29.2 Å². The van der Waals surface area contributed by atoms with E-state index < -0.39 is 21.9 Å². The standard InChI is InChI=1S/C19H21N5O5S2/c1-4-29-17(26)10-9-16(25)23-19(30)22-14-5-7-15(8-6-14)31(27,28)24-18-20-12(2)11-13(3)21-18/h5-11H,4H2,1-3H3,(H,20,21,24)(H2,22,23,25,30)/b10-9+. The highest BCUT2D eigenvalue weighted by Gasteiger charge is 2.16. The number of ether oxygens (including phenoxy) is 1. The van der Waals surface area contributed by atoms with Gasteiger partial charge < -0.3 is 10.1 Å². The van der Waals surface area contributed by atoms with E-state index in [4.69, 9.17) is 12.2 Å². The molecule has 31 heavy (non-hydrogen) atoms. The van der Waals surface area contributed by atoms with Gasteiger partial charge in [-0.3, -0.25) is 10.1 Å². The van der Waals surface area contributed by atoms with Crippen molar-refractivity contribution in [3.63, 3.8) is 0 Å². The van der Waals surface area contributed by atoms with E-state index in [9.17, 15) is 18.0 Å². The number of amides is 1. The third-order valence-electron chi connectivity index (χ3n) is 3.52. The number of esters is 1. The minimum Gasteiger partial charge on any atom is -0.463 e. The molecule has 0 radical (unpaired) electrons. The summed E-state index contributed by atoms with van der Waals surface area (Å²) in [5.41, 5.74) is 1.72. The molecule has 0 fully saturated rings. The molecule has 0 aliphatic carbocycles. The fraction of sp³-hybridized carbons (Fsp3) is 0.211. The molecule has 1 aromatic heterocycles. The van der Waals surface area contributed by atoms with Crippen LogP contribution in [0.5, 0.6) is 0 Å². The van der Waals surface area contributed by atoms with E-state index in [0.29, 0.717) is 17.1 Å². The highest BCUT2D eigenvalue weighted by Crippen LogP contribution is 2.17. The predicted octanol–water partition coefficient (Wildman–Crippen LogP) is 1.83. The molecule has 2 rings (SSSR count). The first kappa shape index (κ1) is 23.9. The zero-order valence-electron chi connectivity index (χ0n) is 17.0. The molecular weight excluding hydrogens is 442 g/mol. The van der Waals surface area contributed by atoms with Crippen LogP contribution in [0.4, 0.5) is 11.6 Å². The fourth-order valence-corrected chi connectivity index (χ4v) is 3.48. The average Bonchev–Trinajstić information content (AvgIpc) is 2.65. The Morgan fingerprint density at radius 2 is 1.71 bits per heavy atom. The Hall–Kier alpha value is -3.38. The first-order chi connectivity index (χ1) is 14.6. The number of hydrogen-bond donors (Lipinski definition) is 3. The van der Waals surface area contributed by atoms with Gasteiger partial charge in [0.1, 0.15) is 0 Å². The van der Waals surface area contributed by atoms with E-state index in [1.165, 1.54) is 24.3 Å². The molecule has 3 N–H and O–H groups in total. The van der Waals surface area contributed by atoms with Crippen LogP contribution in [0.2, 0.25) is 0 Å². The normalized spacial score (nSPS) is 11.1. The Balaban J connectivity index is 1.98. The van der Waals surface area contributed by atoms with E-state index in [-0.39, 0.29) is 22.6 Å². The minimum absolute atomic E-state index is 0.00636. The Kier molecular flexibility index (Phi) is 8.16. The van der Waals surface area contributed by atoms with Gasteiger partial charge >= 0.3 is 5.97 Å². The van der Waals surface area contributed by atoms with Crippen LogP contribution in [0, 0.1) is 13.8 Å². The minimum atomic E-state index is -3.89. The van der Waals surface area contributed by atoms with Gasteiger partial charge in [0.15, 0.2) is 5.11 Å². The maximum atomic E-state index is 12.5. The lowest BCUT2D eigenvalue weighted by atomic mass is 10.3. The molecule has 1 amide bonds. The molecule has 0 aliphatic heterocycles. The second kappa shape index (κ2) is 10.6. The first-order valence-electron chi connectivity index (χ1n) is 9.01. The summed E-state index contributed by atoms with van der Waals surface area (Å²) >= 11 is 5.02. The van der Waals surface area contributed by atoms with Crippen LogP contribution in [0.25, 0.3) is 0 Å². The molecule has 10 nitrogen and oxygen atoms in total. The lowest BCUT2D eigenvalue weighted by Crippen LogP contribution is -2.33. The number of nitrogens with zero attached hydrogens (tertiary/aromatic N) is 2. The number of anilines is 2. The number of rotatable bonds is 7. The molecule has 12 heteroatoms. The number of carbonyl (C=O) groups is 2. The summed E-state index contributed by atoms with van der Waals surface area (Å²) in [6.45, 7) is 5.32. The zero-order chi connectivity index (χ0) is 23.0. The summed E-state index contributed by atoms with van der Waals surface area (Å²) < 4.78 is 32.1. The van der Waals surface area contributed by atoms with Crippen molar-refractivity contribution in [2.24, 2.45) is 0 Å². The van der Waals surface area contributed by atoms with Crippen molar-refractivity contribution < 1.29 is 22.7 Å². The van der Waals surface area contributed by atoms with Crippen molar-refractivity contribution in [2.45, 2.75) is 25.7 Å². The van der Waals surface area contributed by atoms with Crippen molar-refractivity contribution in [1.82, 2.24) is 15.3 Å². The van der Waals surface area contributed by atoms with Crippen LogP contribution in [-0.2, 0) is 24.3 Å². The van der Waals surface area contributed by atoms with E-state index in [1.54, 1.807) is 26.8 Å². The van der Waals surface area contributed by atoms with Gasteiger partial charge in [-0.15, -0.1) is 0 Å². The first-order valence-corrected chi connectivity index (χ1v) is 10.9. The van der Waals surface area contributed by atoms with Crippen molar-refractivity contribution in [1.29, 1.82) is 0 Å². The van der Waals surface area contributed by atoms with Crippen LogP contribution in [0.15, 0.2) is 47.4 Å². The van der Waals surface area contributed by atoms with Crippen molar-refractivity contribution in [2.75, 3.05) is 16.6 Å². The molecule has 0 aliphatic rings. The van der Waals surface area contributed by atoms with Crippen molar-refractivity contribution >= 4 is 50.9 Å². The van der Waals surface area contributed by atoms with Crippen LogP contribution in [-0.4, -0.2) is 42.0 Å². The van der Waals surface area contributed by atoms with Gasteiger partial charge in [-0.2, -0.15) is 0 Å². The molecule has 1 heterocycles. The SMILES string of the molecule is CCOC(=O)/C=C/C(=O)NC(=S)Nc1ccc(S(=O)(=O)Nc2nc(C)cc(C)n2)cc1. The topological polar surface area (TPSA) is 139 Å². The predicted molar refractivity (Wildman–Crippen MR) is 119 cm³/mol. The lowest BCUT2D eigenvalue weighted by Gasteiger charge is -2.10. The van der Waals surface area contributed by atoms with Crippen LogP contribution < -0.4 is 15.4 Å². The Labute approximate surface area is 185 Å². The molecule has 2 aromatic rings. The second-order valence-electron chi connectivity index (χ2n) is 6.13. The number of aromatic nitrogens is 2. The van der Waals surface area contributed by atoms with Crippen LogP contribution >= 0.6 is 12.2 Å². The van der Waals surface area contributed by atoms with Gasteiger partial charge in [0.25, 0.3) is 10.0 Å². The number of nitrogens with one attached hydrogen (secondary N) is 3. The number of thiocarbonyl (C=S) groups is 1. The Morgan fingerprint density at radius 3 is 2.29 bits per heavy atom. The van der Waals surface area contributed by atoms with Gasteiger partial charge in [0.2, 0.25) is 11.9 Å². The molecule has 0 saturated carbocycles. The largest absolute Gasteiger partial charge is 0.463 e. The summed E-state index contributed by atoms with van der Waals surface area (Å²) in [4.78, 5) is 31.0. The molecule has 0 spiro atoms. The summed E-state index contributed by atoms with van der Waals surface area (Å²) in [5.74, 6) is -1.28. The number of hydrogen-bond acceptors (Lipinski definition) is 8. The van der Waals surface area contributed by atoms with Gasteiger partial charge in [0.05, 0.1) is 11.5 Å². The monoisotopic (exact) mass is 463 g/mol. The summed E-state index contributed by atoms with van der Waals surface area (Å²) in [6.07, 6.45) is 1.97. The molecular formula is C19H21N5O5S2. The molecule has 164 valence electrons. The van der Waals surface area contributed by atoms with Gasteiger partial charge in [-0.05, 0) is 63.3 Å². The average molecular weight is 464 g/mol. The number of carbonyl (C=O) groups excluding carboxylic acids is 2. The summed E-state index contributed by atoms with van der Waals surface area (Å²) in [7, 11) is -3.89. The van der Waals surface area contributed by atoms with Crippen LogP contribution in [0.1, 0.15) is 18.3 Å². The maximum absolute atomic E-state index is 12.5. The van der Waals surface area contributed by atoms with Gasteiger partial charge in [-0.1, -0.05) is 0 Å². The summed E-state index contributed by atoms with van der Waals surface area (Å²) in [5, 5.41) is 5.06. The maximum Gasteiger partial charge on any atom is 0.330 e. The third kappa shape index (κ3) is 7.75. The van der Waals surface area contributed by atoms with Gasteiger partial charge in [-0.25, -0.2) is 27.9 Å². The third-order valence-corrected chi connectivity index (χ3v) is 5.07. The van der Waals surface area contributed by atoms with Crippen molar-refractivity contribution in [3.8, 4) is 0 Å². The lowest BCUT2D eigenvalue weighted by molar-refractivity contribution is -0.137. The Bertz CT molecular complexity index is 1090. The zero-order valence-corrected chi connectivity index (χ0v) is 18.6. The number of sulfonamides is 1. The fourth-order valence-electron chi connectivity index (χ4n) is 2.32. The summed E-state index contributed by atoms with van der Waals surface area (Å²) in [6, 6.07) is 7.40. The number of aryl methyl sites for hydroxylation is 2. The highest BCUT2D eigenvalue weighted by atomic mass is 32.2. The molecule has 0 bridgehead atoms. The molecule has 0 saturated heterocycles. The van der Waals surface area contributed by atoms with Crippen molar-refractivity contribution in [3.05, 3.63) is 53.9 Å². The molecule has 0 unspecified atom stereocenters. The molecule has 1 aromatic carbocycles. The van der Waals surface area contributed by atoms with E-state index in [0.717, 1.165) is 12.2 Å². The van der Waals surface area contributed by atoms with E-state index >= 15 is 0 Å². The second-order valence-corrected chi connectivity index (χ2v) is 8.22. The molecule has 0 atom stereocenters. The Morgan fingerprint density at radius 1 is 1.10 bits per heavy atom. The highest BCUT2D eigenvalue weighted by molar-refractivity contribution is 7.92.